The summed E-state index contributed by atoms with van der Waals surface area (Å²) in [4.78, 5) is 1.27. The lowest BCUT2D eigenvalue weighted by atomic mass is 10.0. The maximum atomic E-state index is 13.9. The molecular formula is C15H17ClFNS. The molecule has 102 valence electrons. The molecule has 0 saturated carbocycles. The van der Waals surface area contributed by atoms with Crippen LogP contribution < -0.4 is 5.32 Å². The third-order valence-electron chi connectivity index (χ3n) is 3.30. The second-order valence-electron chi connectivity index (χ2n) is 4.41. The predicted octanol–water partition coefficient (Wildman–Crippen LogP) is 4.61. The van der Waals surface area contributed by atoms with Gasteiger partial charge in [-0.05, 0) is 49.0 Å². The molecule has 2 rings (SSSR count). The summed E-state index contributed by atoms with van der Waals surface area (Å²) in [5.74, 6) is -0.234. The first-order valence-electron chi connectivity index (χ1n) is 6.33. The molecule has 0 amide bonds. The molecule has 1 nitrogen and oxygen atoms in total. The fourth-order valence-electron chi connectivity index (χ4n) is 2.20. The molecule has 0 aliphatic heterocycles. The van der Waals surface area contributed by atoms with Crippen LogP contribution in [0.1, 0.15) is 29.0 Å². The SMILES string of the molecule is CCc1ccsc1C(Cc1c(F)cccc1Cl)NC. The van der Waals surface area contributed by atoms with E-state index in [2.05, 4.69) is 23.7 Å². The van der Waals surface area contributed by atoms with Gasteiger partial charge in [0.25, 0.3) is 0 Å². The minimum absolute atomic E-state index is 0.101. The van der Waals surface area contributed by atoms with Crippen molar-refractivity contribution in [1.29, 1.82) is 0 Å². The van der Waals surface area contributed by atoms with E-state index in [1.807, 2.05) is 7.05 Å². The smallest absolute Gasteiger partial charge is 0.127 e. The highest BCUT2D eigenvalue weighted by molar-refractivity contribution is 7.10. The second-order valence-corrected chi connectivity index (χ2v) is 5.76. The quantitative estimate of drug-likeness (QED) is 0.850. The zero-order chi connectivity index (χ0) is 13.8. The third-order valence-corrected chi connectivity index (χ3v) is 4.72. The molecule has 1 aromatic carbocycles. The van der Waals surface area contributed by atoms with Crippen molar-refractivity contribution >= 4 is 22.9 Å². The van der Waals surface area contributed by atoms with E-state index in [4.69, 9.17) is 11.6 Å². The lowest BCUT2D eigenvalue weighted by Crippen LogP contribution is -2.19. The van der Waals surface area contributed by atoms with Crippen LogP contribution in [-0.2, 0) is 12.8 Å². The zero-order valence-corrected chi connectivity index (χ0v) is 12.6. The minimum Gasteiger partial charge on any atom is -0.312 e. The Kier molecular flexibility index (Phi) is 4.97. The summed E-state index contributed by atoms with van der Waals surface area (Å²) >= 11 is 7.81. The molecule has 1 unspecified atom stereocenters. The van der Waals surface area contributed by atoms with Crippen LogP contribution in [0.2, 0.25) is 5.02 Å². The molecule has 0 fully saturated rings. The molecule has 4 heteroatoms. The highest BCUT2D eigenvalue weighted by Crippen LogP contribution is 2.30. The molecular weight excluding hydrogens is 281 g/mol. The van der Waals surface area contributed by atoms with Crippen LogP contribution in [0.4, 0.5) is 4.39 Å². The number of benzene rings is 1. The lowest BCUT2D eigenvalue weighted by Gasteiger charge is -2.18. The van der Waals surface area contributed by atoms with E-state index in [9.17, 15) is 4.39 Å². The normalized spacial score (nSPS) is 12.6. The Balaban J connectivity index is 2.29. The fourth-order valence-corrected chi connectivity index (χ4v) is 3.55. The van der Waals surface area contributed by atoms with Crippen LogP contribution in [0, 0.1) is 5.82 Å². The molecule has 1 N–H and O–H groups in total. The Morgan fingerprint density at radius 3 is 2.79 bits per heavy atom. The van der Waals surface area contributed by atoms with Gasteiger partial charge in [0.15, 0.2) is 0 Å². The summed E-state index contributed by atoms with van der Waals surface area (Å²) in [6.45, 7) is 2.13. The highest BCUT2D eigenvalue weighted by atomic mass is 35.5. The van der Waals surface area contributed by atoms with Gasteiger partial charge in [-0.3, -0.25) is 0 Å². The number of rotatable bonds is 5. The van der Waals surface area contributed by atoms with Crippen LogP contribution in [-0.4, -0.2) is 7.05 Å². The van der Waals surface area contributed by atoms with Crippen molar-refractivity contribution in [3.63, 3.8) is 0 Å². The largest absolute Gasteiger partial charge is 0.312 e. The van der Waals surface area contributed by atoms with Crippen molar-refractivity contribution in [2.45, 2.75) is 25.8 Å². The number of hydrogen-bond acceptors (Lipinski definition) is 2. The number of thiophene rings is 1. The van der Waals surface area contributed by atoms with Gasteiger partial charge in [0, 0.05) is 21.5 Å². The van der Waals surface area contributed by atoms with Crippen LogP contribution in [0.15, 0.2) is 29.6 Å². The standard InChI is InChI=1S/C15H17ClFNS/c1-3-10-7-8-19-15(10)14(18-2)9-11-12(16)5-4-6-13(11)17/h4-8,14,18H,3,9H2,1-2H3. The summed E-state index contributed by atoms with van der Waals surface area (Å²) in [5.41, 5.74) is 1.90. The Morgan fingerprint density at radius 1 is 1.37 bits per heavy atom. The lowest BCUT2D eigenvalue weighted by molar-refractivity contribution is 0.558. The van der Waals surface area contributed by atoms with E-state index >= 15 is 0 Å². The van der Waals surface area contributed by atoms with E-state index in [-0.39, 0.29) is 11.9 Å². The van der Waals surface area contributed by atoms with Crippen molar-refractivity contribution in [3.8, 4) is 0 Å². The van der Waals surface area contributed by atoms with Gasteiger partial charge in [-0.1, -0.05) is 24.6 Å². The second kappa shape index (κ2) is 6.51. The van der Waals surface area contributed by atoms with E-state index in [0.29, 0.717) is 17.0 Å². The van der Waals surface area contributed by atoms with Gasteiger partial charge >= 0.3 is 0 Å². The molecule has 0 aliphatic rings. The molecule has 0 saturated heterocycles. The van der Waals surface area contributed by atoms with Gasteiger partial charge in [-0.25, -0.2) is 4.39 Å². The third kappa shape index (κ3) is 3.16. The van der Waals surface area contributed by atoms with Gasteiger partial charge in [-0.15, -0.1) is 11.3 Å². The van der Waals surface area contributed by atoms with Crippen LogP contribution in [0.25, 0.3) is 0 Å². The van der Waals surface area contributed by atoms with E-state index in [1.165, 1.54) is 16.5 Å². The summed E-state index contributed by atoms with van der Waals surface area (Å²) in [6.07, 6.45) is 1.55. The van der Waals surface area contributed by atoms with E-state index in [0.717, 1.165) is 6.42 Å². The monoisotopic (exact) mass is 297 g/mol. The van der Waals surface area contributed by atoms with Crippen molar-refractivity contribution < 1.29 is 4.39 Å². The summed E-state index contributed by atoms with van der Waals surface area (Å²) in [5, 5.41) is 5.85. The maximum absolute atomic E-state index is 13.9. The Bertz CT molecular complexity index is 533. The first-order valence-corrected chi connectivity index (χ1v) is 7.59. The first-order chi connectivity index (χ1) is 9.17. The number of hydrogen-bond donors (Lipinski definition) is 1. The minimum atomic E-state index is -0.234. The van der Waals surface area contributed by atoms with E-state index < -0.39 is 0 Å². The van der Waals surface area contributed by atoms with Gasteiger partial charge in [0.2, 0.25) is 0 Å². The first kappa shape index (κ1) is 14.5. The van der Waals surface area contributed by atoms with Crippen LogP contribution in [0.3, 0.4) is 0 Å². The van der Waals surface area contributed by atoms with Gasteiger partial charge in [0.1, 0.15) is 5.82 Å². The number of halogens is 2. The molecule has 0 aliphatic carbocycles. The number of nitrogens with one attached hydrogen (secondary N) is 1. The summed E-state index contributed by atoms with van der Waals surface area (Å²) in [6, 6.07) is 7.07. The fraction of sp³-hybridized carbons (Fsp3) is 0.333. The zero-order valence-electron chi connectivity index (χ0n) is 11.0. The average molecular weight is 298 g/mol. The topological polar surface area (TPSA) is 12.0 Å². The molecule has 1 heterocycles. The van der Waals surface area contributed by atoms with Gasteiger partial charge < -0.3 is 5.32 Å². The highest BCUT2D eigenvalue weighted by Gasteiger charge is 2.18. The van der Waals surface area contributed by atoms with Crippen molar-refractivity contribution in [2.24, 2.45) is 0 Å². The van der Waals surface area contributed by atoms with Crippen molar-refractivity contribution in [1.82, 2.24) is 5.32 Å². The summed E-state index contributed by atoms with van der Waals surface area (Å²) < 4.78 is 13.9. The maximum Gasteiger partial charge on any atom is 0.127 e. The average Bonchev–Trinajstić information content (AvgIpc) is 2.87. The molecule has 0 spiro atoms. The number of aryl methyl sites for hydroxylation is 1. The molecule has 1 atom stereocenters. The molecule has 0 radical (unpaired) electrons. The predicted molar refractivity (Wildman–Crippen MR) is 80.6 cm³/mol. The molecule has 2 aromatic rings. The number of likely N-dealkylation sites (N-methyl/N-ethyl adjacent to an activating group) is 1. The van der Waals surface area contributed by atoms with Crippen LogP contribution in [0.5, 0.6) is 0 Å². The van der Waals surface area contributed by atoms with Crippen LogP contribution >= 0.6 is 22.9 Å². The van der Waals surface area contributed by atoms with Crippen molar-refractivity contribution in [3.05, 3.63) is 56.5 Å². The molecule has 1 aromatic heterocycles. The Hall–Kier alpha value is -0.900. The van der Waals surface area contributed by atoms with Gasteiger partial charge in [0.05, 0.1) is 0 Å². The molecule has 0 bridgehead atoms. The van der Waals surface area contributed by atoms with Crippen molar-refractivity contribution in [2.75, 3.05) is 7.05 Å². The Morgan fingerprint density at radius 2 is 2.16 bits per heavy atom. The summed E-state index contributed by atoms with van der Waals surface area (Å²) in [7, 11) is 1.90. The Labute approximate surface area is 122 Å². The van der Waals surface area contributed by atoms with Gasteiger partial charge in [-0.2, -0.15) is 0 Å². The van der Waals surface area contributed by atoms with E-state index in [1.54, 1.807) is 23.5 Å². The molecule has 19 heavy (non-hydrogen) atoms.